The zero-order valence-electron chi connectivity index (χ0n) is 8.89. The van der Waals surface area contributed by atoms with Crippen molar-refractivity contribution >= 4 is 18.7 Å². The van der Waals surface area contributed by atoms with Crippen LogP contribution in [0.5, 0.6) is 5.75 Å². The van der Waals surface area contributed by atoms with Gasteiger partial charge in [-0.25, -0.2) is 0 Å². The van der Waals surface area contributed by atoms with E-state index in [1.807, 2.05) is 55.5 Å². The van der Waals surface area contributed by atoms with Gasteiger partial charge in [-0.05, 0) is 13.0 Å². The molecule has 2 heteroatoms. The monoisotopic (exact) mass is 220 g/mol. The maximum atomic E-state index is 5.62. The number of hydrogen-bond donors (Lipinski definition) is 1. The fourth-order valence-electron chi connectivity index (χ4n) is 1.21. The van der Waals surface area contributed by atoms with Gasteiger partial charge in [0.25, 0.3) is 0 Å². The smallest absolute Gasteiger partial charge is 0.126 e. The summed E-state index contributed by atoms with van der Waals surface area (Å²) in [5.74, 6) is 1.67. The van der Waals surface area contributed by atoms with Crippen LogP contribution in [0.1, 0.15) is 12.5 Å². The molecule has 0 saturated carbocycles. The fourth-order valence-corrected chi connectivity index (χ4v) is 1.36. The van der Waals surface area contributed by atoms with E-state index in [9.17, 15) is 0 Å². The Morgan fingerprint density at radius 1 is 1.27 bits per heavy atom. The average molecular weight is 220 g/mol. The summed E-state index contributed by atoms with van der Waals surface area (Å²) in [7, 11) is 0. The van der Waals surface area contributed by atoms with E-state index in [2.05, 4.69) is 12.6 Å². The van der Waals surface area contributed by atoms with Crippen LogP contribution in [0.4, 0.5) is 0 Å². The van der Waals surface area contributed by atoms with Crippen molar-refractivity contribution in [3.8, 4) is 5.75 Å². The fraction of sp³-hybridized carbons (Fsp3) is 0.231. The predicted molar refractivity (Wildman–Crippen MR) is 69.6 cm³/mol. The van der Waals surface area contributed by atoms with Gasteiger partial charge in [-0.1, -0.05) is 42.5 Å². The highest BCUT2D eigenvalue weighted by Crippen LogP contribution is 2.19. The van der Waals surface area contributed by atoms with Gasteiger partial charge in [0.2, 0.25) is 0 Å². The molecule has 0 aliphatic carbocycles. The normalized spacial score (nSPS) is 11.3. The first-order valence-electron chi connectivity index (χ1n) is 4.99. The lowest BCUT2D eigenvalue weighted by atomic mass is 10.2. The molecule has 1 rings (SSSR count). The Morgan fingerprint density at radius 3 is 2.80 bits per heavy atom. The second kappa shape index (κ2) is 7.18. The van der Waals surface area contributed by atoms with Crippen LogP contribution in [0.15, 0.2) is 42.5 Å². The highest BCUT2D eigenvalue weighted by atomic mass is 32.1. The van der Waals surface area contributed by atoms with Gasteiger partial charge in [-0.2, -0.15) is 12.6 Å². The third-order valence-corrected chi connectivity index (χ3v) is 2.08. The van der Waals surface area contributed by atoms with Gasteiger partial charge in [0.15, 0.2) is 0 Å². The standard InChI is InChI=1S/C13H16OS/c1-2-7-12-8-3-4-9-13(12)14-10-5-6-11-15/h2-9,15H,10-11H2,1H3. The van der Waals surface area contributed by atoms with E-state index in [-0.39, 0.29) is 0 Å². The highest BCUT2D eigenvalue weighted by molar-refractivity contribution is 7.80. The van der Waals surface area contributed by atoms with Crippen molar-refractivity contribution in [3.05, 3.63) is 48.1 Å². The van der Waals surface area contributed by atoms with Crippen molar-refractivity contribution in [1.82, 2.24) is 0 Å². The number of hydrogen-bond acceptors (Lipinski definition) is 2. The van der Waals surface area contributed by atoms with Crippen molar-refractivity contribution < 1.29 is 4.74 Å². The Balaban J connectivity index is 2.63. The van der Waals surface area contributed by atoms with E-state index in [0.29, 0.717) is 6.61 Å². The number of thiol groups is 1. The van der Waals surface area contributed by atoms with Gasteiger partial charge >= 0.3 is 0 Å². The lowest BCUT2D eigenvalue weighted by Crippen LogP contribution is -1.95. The molecule has 1 aromatic rings. The molecule has 0 N–H and O–H groups in total. The van der Waals surface area contributed by atoms with Gasteiger partial charge in [0, 0.05) is 11.3 Å². The van der Waals surface area contributed by atoms with Crippen LogP contribution in [-0.4, -0.2) is 12.4 Å². The summed E-state index contributed by atoms with van der Waals surface area (Å²) < 4.78 is 5.62. The average Bonchev–Trinajstić information content (AvgIpc) is 2.27. The van der Waals surface area contributed by atoms with Crippen LogP contribution >= 0.6 is 12.6 Å². The molecule has 0 atom stereocenters. The lowest BCUT2D eigenvalue weighted by molar-refractivity contribution is 0.362. The summed E-state index contributed by atoms with van der Waals surface area (Å²) in [6, 6.07) is 8.00. The molecular formula is C13H16OS. The number of para-hydroxylation sites is 1. The van der Waals surface area contributed by atoms with Crippen LogP contribution in [0.25, 0.3) is 6.08 Å². The Morgan fingerprint density at radius 2 is 2.07 bits per heavy atom. The molecule has 0 unspecified atom stereocenters. The van der Waals surface area contributed by atoms with Gasteiger partial charge in [0.1, 0.15) is 12.4 Å². The van der Waals surface area contributed by atoms with Crippen molar-refractivity contribution in [1.29, 1.82) is 0 Å². The Kier molecular flexibility index (Phi) is 5.71. The second-order valence-corrected chi connectivity index (χ2v) is 3.37. The maximum Gasteiger partial charge on any atom is 0.126 e. The van der Waals surface area contributed by atoms with Crippen molar-refractivity contribution in [2.24, 2.45) is 0 Å². The van der Waals surface area contributed by atoms with Crippen molar-refractivity contribution in [3.63, 3.8) is 0 Å². The van der Waals surface area contributed by atoms with Crippen LogP contribution in [-0.2, 0) is 0 Å². The van der Waals surface area contributed by atoms with Crippen LogP contribution in [0.3, 0.4) is 0 Å². The van der Waals surface area contributed by atoms with Gasteiger partial charge in [-0.3, -0.25) is 0 Å². The SMILES string of the molecule is CC=Cc1ccccc1OCC=CCS. The summed E-state index contributed by atoms with van der Waals surface area (Å²) in [5.41, 5.74) is 1.11. The Hall–Kier alpha value is -1.15. The summed E-state index contributed by atoms with van der Waals surface area (Å²) in [4.78, 5) is 0. The lowest BCUT2D eigenvalue weighted by Gasteiger charge is -2.06. The molecule has 0 heterocycles. The summed E-state index contributed by atoms with van der Waals surface area (Å²) in [6.07, 6.45) is 7.99. The molecule has 0 saturated heterocycles. The summed E-state index contributed by atoms with van der Waals surface area (Å²) >= 11 is 4.08. The van der Waals surface area contributed by atoms with E-state index in [0.717, 1.165) is 17.1 Å². The number of rotatable bonds is 5. The molecular weight excluding hydrogens is 204 g/mol. The van der Waals surface area contributed by atoms with Gasteiger partial charge < -0.3 is 4.74 Å². The number of benzene rings is 1. The molecule has 15 heavy (non-hydrogen) atoms. The minimum atomic E-state index is 0.592. The maximum absolute atomic E-state index is 5.62. The van der Waals surface area contributed by atoms with Crippen LogP contribution in [0.2, 0.25) is 0 Å². The van der Waals surface area contributed by atoms with E-state index in [1.54, 1.807) is 0 Å². The molecule has 1 nitrogen and oxygen atoms in total. The zero-order chi connectivity index (χ0) is 10.9. The Bertz CT molecular complexity index is 342. The largest absolute Gasteiger partial charge is 0.489 e. The topological polar surface area (TPSA) is 9.23 Å². The molecule has 0 amide bonds. The predicted octanol–water partition coefficient (Wildman–Crippen LogP) is 3.58. The van der Waals surface area contributed by atoms with E-state index in [4.69, 9.17) is 4.74 Å². The second-order valence-electron chi connectivity index (χ2n) is 3.00. The first-order chi connectivity index (χ1) is 7.38. The molecule has 0 aliphatic rings. The van der Waals surface area contributed by atoms with Crippen LogP contribution in [0, 0.1) is 0 Å². The first kappa shape index (κ1) is 11.9. The molecule has 0 aliphatic heterocycles. The summed E-state index contributed by atoms with van der Waals surface area (Å²) in [6.45, 7) is 2.59. The zero-order valence-corrected chi connectivity index (χ0v) is 9.78. The third-order valence-electron chi connectivity index (χ3n) is 1.87. The minimum Gasteiger partial charge on any atom is -0.489 e. The molecule has 0 fully saturated rings. The van der Waals surface area contributed by atoms with Crippen molar-refractivity contribution in [2.45, 2.75) is 6.92 Å². The molecule has 0 aromatic heterocycles. The minimum absolute atomic E-state index is 0.592. The molecule has 0 bridgehead atoms. The van der Waals surface area contributed by atoms with Gasteiger partial charge in [-0.15, -0.1) is 0 Å². The Labute approximate surface area is 96.9 Å². The van der Waals surface area contributed by atoms with E-state index >= 15 is 0 Å². The summed E-state index contributed by atoms with van der Waals surface area (Å²) in [5, 5.41) is 0. The third kappa shape index (κ3) is 4.26. The van der Waals surface area contributed by atoms with Crippen molar-refractivity contribution in [2.75, 3.05) is 12.4 Å². The molecule has 80 valence electrons. The highest BCUT2D eigenvalue weighted by Gasteiger charge is 1.96. The number of ether oxygens (including phenoxy) is 1. The van der Waals surface area contributed by atoms with Crippen LogP contribution < -0.4 is 4.74 Å². The quantitative estimate of drug-likeness (QED) is 0.589. The van der Waals surface area contributed by atoms with Gasteiger partial charge in [0.05, 0.1) is 0 Å². The molecule has 0 radical (unpaired) electrons. The van der Waals surface area contributed by atoms with E-state index in [1.165, 1.54) is 0 Å². The molecule has 1 aromatic carbocycles. The number of allylic oxidation sites excluding steroid dienone is 1. The van der Waals surface area contributed by atoms with E-state index < -0.39 is 0 Å². The molecule has 0 spiro atoms. The first-order valence-corrected chi connectivity index (χ1v) is 5.62.